The van der Waals surface area contributed by atoms with Crippen LogP contribution in [0.3, 0.4) is 0 Å². The lowest BCUT2D eigenvalue weighted by Gasteiger charge is -1.98. The summed E-state index contributed by atoms with van der Waals surface area (Å²) in [5.74, 6) is 0.931. The van der Waals surface area contributed by atoms with Gasteiger partial charge in [0.05, 0.1) is 0 Å². The van der Waals surface area contributed by atoms with Crippen LogP contribution in [-0.2, 0) is 0 Å². The topological polar surface area (TPSA) is 14.1 Å². The predicted molar refractivity (Wildman–Crippen MR) is 25.0 cm³/mol. The summed E-state index contributed by atoms with van der Waals surface area (Å²) in [6.45, 7) is 0. The SMILES string of the molecule is C1=CSC[N-]1. The van der Waals surface area contributed by atoms with Crippen molar-refractivity contribution >= 4 is 11.8 Å². The van der Waals surface area contributed by atoms with Gasteiger partial charge in [-0.15, -0.1) is 0 Å². The molecule has 0 aliphatic carbocycles. The molecule has 1 nitrogen and oxygen atoms in total. The van der Waals surface area contributed by atoms with E-state index in [9.17, 15) is 0 Å². The van der Waals surface area contributed by atoms with Crippen molar-refractivity contribution in [2.75, 3.05) is 5.88 Å². The maximum absolute atomic E-state index is 3.87. The smallest absolute Gasteiger partial charge is 0.0529 e. The highest BCUT2D eigenvalue weighted by Crippen LogP contribution is 2.14. The van der Waals surface area contributed by atoms with E-state index in [0.717, 1.165) is 5.88 Å². The fourth-order valence-corrected chi connectivity index (χ4v) is 0.645. The zero-order chi connectivity index (χ0) is 3.54. The van der Waals surface area contributed by atoms with Gasteiger partial charge in [0.15, 0.2) is 0 Å². The molecule has 0 radical (unpaired) electrons. The normalized spacial score (nSPS) is 19.2. The number of hydrogen-bond donors (Lipinski definition) is 0. The van der Waals surface area contributed by atoms with Gasteiger partial charge in [-0.05, 0) is 0 Å². The average molecular weight is 86.1 g/mol. The second kappa shape index (κ2) is 1.36. The van der Waals surface area contributed by atoms with Gasteiger partial charge in [-0.3, -0.25) is 0 Å². The molecule has 5 heavy (non-hydrogen) atoms. The van der Waals surface area contributed by atoms with Crippen LogP contribution in [-0.4, -0.2) is 5.88 Å². The zero-order valence-corrected chi connectivity index (χ0v) is 3.53. The molecule has 0 atom stereocenters. The molecule has 0 aromatic heterocycles. The van der Waals surface area contributed by atoms with Crippen LogP contribution in [0, 0.1) is 0 Å². The Balaban J connectivity index is 2.32. The Kier molecular flexibility index (Phi) is 0.841. The van der Waals surface area contributed by atoms with E-state index in [-0.39, 0.29) is 0 Å². The molecule has 1 aliphatic heterocycles. The second-order valence-corrected chi connectivity index (χ2v) is 1.63. The van der Waals surface area contributed by atoms with Gasteiger partial charge in [0.25, 0.3) is 0 Å². The number of thioether (sulfide) groups is 1. The van der Waals surface area contributed by atoms with E-state index in [2.05, 4.69) is 5.32 Å². The molecule has 0 unspecified atom stereocenters. The summed E-state index contributed by atoms with van der Waals surface area (Å²) in [7, 11) is 0. The average Bonchev–Trinajstić information content (AvgIpc) is 1.76. The van der Waals surface area contributed by atoms with Crippen LogP contribution in [0.4, 0.5) is 0 Å². The molecule has 0 N–H and O–H groups in total. The Bertz CT molecular complexity index is 44.9. The van der Waals surface area contributed by atoms with E-state index in [1.54, 1.807) is 11.8 Å². The van der Waals surface area contributed by atoms with E-state index < -0.39 is 0 Å². The Morgan fingerprint density at radius 3 is 3.00 bits per heavy atom. The van der Waals surface area contributed by atoms with Crippen molar-refractivity contribution in [3.8, 4) is 0 Å². The van der Waals surface area contributed by atoms with Gasteiger partial charge >= 0.3 is 0 Å². The van der Waals surface area contributed by atoms with E-state index in [0.29, 0.717) is 0 Å². The van der Waals surface area contributed by atoms with E-state index in [4.69, 9.17) is 0 Å². The van der Waals surface area contributed by atoms with Gasteiger partial charge in [-0.25, -0.2) is 0 Å². The molecule has 2 heteroatoms. The number of rotatable bonds is 0. The van der Waals surface area contributed by atoms with Crippen molar-refractivity contribution in [2.24, 2.45) is 0 Å². The first-order valence-corrected chi connectivity index (χ1v) is 2.48. The lowest BCUT2D eigenvalue weighted by molar-refractivity contribution is 1.68. The maximum Gasteiger partial charge on any atom is -0.0529 e. The molecule has 0 spiro atoms. The third kappa shape index (κ3) is 0.581. The summed E-state index contributed by atoms with van der Waals surface area (Å²) in [5, 5.41) is 5.85. The van der Waals surface area contributed by atoms with Crippen molar-refractivity contribution in [3.63, 3.8) is 0 Å². The van der Waals surface area contributed by atoms with Crippen molar-refractivity contribution in [1.29, 1.82) is 0 Å². The molecule has 0 bridgehead atoms. The van der Waals surface area contributed by atoms with Gasteiger partial charge in [-0.2, -0.15) is 18.0 Å². The molecule has 0 saturated carbocycles. The summed E-state index contributed by atoms with van der Waals surface area (Å²) in [5.41, 5.74) is 0. The molecule has 0 amide bonds. The van der Waals surface area contributed by atoms with Crippen molar-refractivity contribution in [3.05, 3.63) is 16.9 Å². The van der Waals surface area contributed by atoms with Crippen molar-refractivity contribution in [2.45, 2.75) is 0 Å². The largest absolute Gasteiger partial charge is 0.682 e. The minimum Gasteiger partial charge on any atom is -0.682 e. The second-order valence-electron chi connectivity index (χ2n) is 0.763. The first-order chi connectivity index (χ1) is 2.50. The summed E-state index contributed by atoms with van der Waals surface area (Å²) >= 11 is 1.73. The third-order valence-corrected chi connectivity index (χ3v) is 1.02. The minimum absolute atomic E-state index is 0.931. The molecule has 1 heterocycles. The summed E-state index contributed by atoms with van der Waals surface area (Å²) in [6.07, 6.45) is 1.82. The summed E-state index contributed by atoms with van der Waals surface area (Å²) in [4.78, 5) is 0. The van der Waals surface area contributed by atoms with Crippen LogP contribution < -0.4 is 0 Å². The molecular weight excluding hydrogens is 82.1 g/mol. The van der Waals surface area contributed by atoms with Gasteiger partial charge in [0, 0.05) is 0 Å². The van der Waals surface area contributed by atoms with E-state index >= 15 is 0 Å². The molecule has 0 saturated heterocycles. The monoisotopic (exact) mass is 86.0 g/mol. The van der Waals surface area contributed by atoms with E-state index in [1.165, 1.54) is 0 Å². The number of hydrogen-bond acceptors (Lipinski definition) is 1. The Labute approximate surface area is 35.4 Å². The molecule has 0 fully saturated rings. The lowest BCUT2D eigenvalue weighted by Crippen LogP contribution is -1.51. The molecular formula is C3H4NS-. The summed E-state index contributed by atoms with van der Waals surface area (Å²) in [6, 6.07) is 0. The van der Waals surface area contributed by atoms with Crippen molar-refractivity contribution in [1.82, 2.24) is 0 Å². The van der Waals surface area contributed by atoms with Crippen molar-refractivity contribution < 1.29 is 0 Å². The first kappa shape index (κ1) is 3.09. The molecule has 1 rings (SSSR count). The van der Waals surface area contributed by atoms with Crippen LogP contribution >= 0.6 is 11.8 Å². The van der Waals surface area contributed by atoms with Gasteiger partial charge in [-0.1, -0.05) is 11.3 Å². The highest BCUT2D eigenvalue weighted by atomic mass is 32.2. The molecule has 0 aromatic carbocycles. The number of nitrogens with zero attached hydrogens (tertiary/aromatic N) is 1. The molecule has 28 valence electrons. The highest BCUT2D eigenvalue weighted by molar-refractivity contribution is 8.02. The third-order valence-electron chi connectivity index (χ3n) is 0.412. The van der Waals surface area contributed by atoms with Crippen LogP contribution in [0.5, 0.6) is 0 Å². The van der Waals surface area contributed by atoms with Gasteiger partial charge in [0.1, 0.15) is 0 Å². The molecule has 0 aromatic rings. The van der Waals surface area contributed by atoms with Gasteiger partial charge in [0.2, 0.25) is 0 Å². The summed E-state index contributed by atoms with van der Waals surface area (Å²) < 4.78 is 0. The standard InChI is InChI=1S/C3H4NS/c1-2-5-3-4-1/h1-2H,3H2/q-1. The lowest BCUT2D eigenvalue weighted by atomic mass is 11.0. The molecule has 1 aliphatic rings. The fourth-order valence-electron chi connectivity index (χ4n) is 0.215. The fraction of sp³-hybridized carbons (Fsp3) is 0.333. The zero-order valence-electron chi connectivity index (χ0n) is 2.72. The van der Waals surface area contributed by atoms with Crippen LogP contribution in [0.1, 0.15) is 0 Å². The Hall–Kier alpha value is -0.110. The Morgan fingerprint density at radius 2 is 2.80 bits per heavy atom. The van der Waals surface area contributed by atoms with Crippen LogP contribution in [0.15, 0.2) is 11.6 Å². The van der Waals surface area contributed by atoms with Gasteiger partial charge < -0.3 is 5.32 Å². The minimum atomic E-state index is 0.931. The Morgan fingerprint density at radius 1 is 1.80 bits per heavy atom. The van der Waals surface area contributed by atoms with Crippen LogP contribution in [0.2, 0.25) is 0 Å². The quantitative estimate of drug-likeness (QED) is 0.436. The van der Waals surface area contributed by atoms with E-state index in [1.807, 2.05) is 11.6 Å². The highest BCUT2D eigenvalue weighted by Gasteiger charge is 1.69. The maximum atomic E-state index is 3.87. The van der Waals surface area contributed by atoms with Crippen LogP contribution in [0.25, 0.3) is 5.32 Å². The first-order valence-electron chi connectivity index (χ1n) is 1.43. The predicted octanol–water partition coefficient (Wildman–Crippen LogP) is 1.54.